The van der Waals surface area contributed by atoms with Crippen LogP contribution in [0.3, 0.4) is 0 Å². The molecule has 6 heterocycles. The van der Waals surface area contributed by atoms with E-state index in [1.807, 2.05) is 133 Å². The van der Waals surface area contributed by atoms with Crippen LogP contribution in [-0.2, 0) is 74.1 Å². The molecular formula is C99H128Cl2F4N6O15. The summed E-state index contributed by atoms with van der Waals surface area (Å²) in [5.74, 6) is -7.47. The van der Waals surface area contributed by atoms with Crippen molar-refractivity contribution in [3.8, 4) is 0 Å². The smallest absolute Gasteiger partial charge is 0.410 e. The molecule has 0 aromatic heterocycles. The number of hydrogen-bond donors (Lipinski definition) is 3. The highest BCUT2D eigenvalue weighted by Crippen LogP contribution is 2.57. The third kappa shape index (κ3) is 21.6. The second kappa shape index (κ2) is 39.8. The van der Waals surface area contributed by atoms with E-state index in [-0.39, 0.29) is 123 Å². The summed E-state index contributed by atoms with van der Waals surface area (Å²) in [4.78, 5) is 108. The Hall–Kier alpha value is -9.14. The number of likely N-dealkylation sites (tertiary alicyclic amines) is 5. The molecule has 0 bridgehead atoms. The first-order valence-electron chi connectivity index (χ1n) is 43.9. The van der Waals surface area contributed by atoms with Gasteiger partial charge in [0, 0.05) is 117 Å². The summed E-state index contributed by atoms with van der Waals surface area (Å²) in [5, 5.41) is 22.3. The van der Waals surface area contributed by atoms with Crippen molar-refractivity contribution in [1.29, 1.82) is 0 Å². The van der Waals surface area contributed by atoms with Crippen molar-refractivity contribution in [2.75, 3.05) is 99.9 Å². The Kier molecular flexibility index (Phi) is 31.3. The number of aliphatic carboxylic acids is 2. The van der Waals surface area contributed by atoms with E-state index in [4.69, 9.17) is 23.7 Å². The molecule has 0 radical (unpaired) electrons. The topological polar surface area (TPSA) is 251 Å². The highest BCUT2D eigenvalue weighted by molar-refractivity contribution is 5.86. The first kappa shape index (κ1) is 99.0. The fourth-order valence-corrected chi connectivity index (χ4v) is 21.4. The van der Waals surface area contributed by atoms with Crippen molar-refractivity contribution in [3.05, 3.63) is 212 Å². The zero-order valence-corrected chi connectivity index (χ0v) is 77.2. The molecule has 10 aliphatic rings. The number of piperidine rings is 4. The van der Waals surface area contributed by atoms with Gasteiger partial charge in [0.25, 0.3) is 0 Å². The van der Waals surface area contributed by atoms with Gasteiger partial charge in [0.05, 0.1) is 56.8 Å². The van der Waals surface area contributed by atoms with E-state index in [0.717, 1.165) is 112 Å². The lowest BCUT2D eigenvalue weighted by molar-refractivity contribution is -0.143. The van der Waals surface area contributed by atoms with E-state index < -0.39 is 70.1 Å². The number of nitrogens with one attached hydrogen (secondary N) is 1. The zero-order chi connectivity index (χ0) is 90.0. The molecule has 6 aromatic rings. The average Bonchev–Trinajstić information content (AvgIpc) is 1.60. The fourth-order valence-electron chi connectivity index (χ4n) is 21.4. The van der Waals surface area contributed by atoms with E-state index in [1.54, 1.807) is 9.80 Å². The first-order chi connectivity index (χ1) is 58.5. The maximum atomic E-state index is 14.9. The molecule has 0 saturated carbocycles. The molecule has 4 spiro atoms. The van der Waals surface area contributed by atoms with Crippen molar-refractivity contribution >= 4 is 72.8 Å². The molecule has 126 heavy (non-hydrogen) atoms. The number of carboxylic acids is 2. The van der Waals surface area contributed by atoms with Gasteiger partial charge in [0.2, 0.25) is 5.91 Å². The van der Waals surface area contributed by atoms with Crippen LogP contribution in [0.25, 0.3) is 0 Å². The van der Waals surface area contributed by atoms with Gasteiger partial charge in [-0.3, -0.25) is 38.6 Å². The Balaban J connectivity index is 0.000000168. The standard InChI is InChI=1S/C30H36F2N2O3.C20H27NO4.C19H25NO4.C15H19F2NO2.C15H19NO2.2ClH/c1-29(2,3)34-17-23(21-10-9-19(31)15-26(21)32)24(18-34)27(35)33-13-11-30(12-14-33)16-22(28(36)37-4)20-7-5-6-8-25(20)30;1-19(2,3)25-18(23)21-11-9-20(10-12-21)13-15(17(22)24-4)14-7-5-6-8-16(14)20;1-18(2,3)24-17(23)20-10-8-19(9-11-20)12-14(16(21)22)13-6-4-5-7-15(13)19;1-15(2,3)18-7-11(12(8-18)14(19)20)10-5-4-9(16)6-13(10)17;1-18-14(17)12-10-15(6-8-16-9-7-15)13-5-3-2-4-11(12)13;;/h5-10,15,22-24H,11-14,16-18H2,1-4H3;5-8,15H,9-13H2,1-4H3;4-7,14H,8-12H2,1-3H3,(H,21,22);4-6,11-12H,7-8H2,1-3H3,(H,19,20);2-5,12,16H,6-10H2,1H3;2*1H/t22-,23+,24-;15-;14-;11-,12+;12-;;/m11101../s1. The number of halogens is 6. The minimum Gasteiger partial charge on any atom is -0.481 e. The lowest BCUT2D eigenvalue weighted by atomic mass is 9.73. The summed E-state index contributed by atoms with van der Waals surface area (Å²) in [7, 11) is 4.36. The number of methoxy groups -OCH3 is 3. The maximum Gasteiger partial charge on any atom is 0.410 e. The molecule has 8 atom stereocenters. The predicted molar refractivity (Wildman–Crippen MR) is 478 cm³/mol. The van der Waals surface area contributed by atoms with Gasteiger partial charge in [-0.05, 0) is 246 Å². The van der Waals surface area contributed by atoms with Gasteiger partial charge in [-0.25, -0.2) is 27.2 Å². The number of carbonyl (C=O) groups excluding carboxylic acids is 6. The van der Waals surface area contributed by atoms with Gasteiger partial charge in [-0.15, -0.1) is 24.8 Å². The Morgan fingerprint density at radius 2 is 0.667 bits per heavy atom. The van der Waals surface area contributed by atoms with Crippen molar-refractivity contribution in [2.45, 2.75) is 240 Å². The van der Waals surface area contributed by atoms with Gasteiger partial charge in [0.1, 0.15) is 34.5 Å². The largest absolute Gasteiger partial charge is 0.481 e. The van der Waals surface area contributed by atoms with Crippen molar-refractivity contribution in [2.24, 2.45) is 11.8 Å². The number of hydrogen-bond acceptors (Lipinski definition) is 16. The number of esters is 3. The number of fused-ring (bicyclic) bond motifs is 8. The van der Waals surface area contributed by atoms with Crippen LogP contribution in [0.5, 0.6) is 0 Å². The maximum absolute atomic E-state index is 14.9. The molecule has 21 nitrogen and oxygen atoms in total. The van der Waals surface area contributed by atoms with Gasteiger partial charge in [0.15, 0.2) is 0 Å². The van der Waals surface area contributed by atoms with Gasteiger partial charge in [-0.1, -0.05) is 109 Å². The zero-order valence-electron chi connectivity index (χ0n) is 75.6. The van der Waals surface area contributed by atoms with Crippen LogP contribution in [0.4, 0.5) is 27.2 Å². The van der Waals surface area contributed by atoms with E-state index in [1.165, 1.54) is 67.8 Å². The van der Waals surface area contributed by atoms with E-state index >= 15 is 0 Å². The van der Waals surface area contributed by atoms with Crippen LogP contribution in [-0.4, -0.2) is 205 Å². The minimum absolute atomic E-state index is 0. The lowest BCUT2D eigenvalue weighted by Crippen LogP contribution is -2.48. The second-order valence-corrected chi connectivity index (χ2v) is 39.7. The van der Waals surface area contributed by atoms with Crippen molar-refractivity contribution in [3.63, 3.8) is 0 Å². The summed E-state index contributed by atoms with van der Waals surface area (Å²) < 4.78 is 81.4. The summed E-state index contributed by atoms with van der Waals surface area (Å²) >= 11 is 0. The first-order valence-corrected chi connectivity index (χ1v) is 43.9. The number of rotatable bonds is 8. The van der Waals surface area contributed by atoms with E-state index in [0.29, 0.717) is 83.9 Å². The summed E-state index contributed by atoms with van der Waals surface area (Å²) in [6.07, 6.45) is 9.53. The van der Waals surface area contributed by atoms with E-state index in [9.17, 15) is 66.1 Å². The van der Waals surface area contributed by atoms with Gasteiger partial charge in [-0.2, -0.15) is 0 Å². The third-order valence-corrected chi connectivity index (χ3v) is 28.0. The Morgan fingerprint density at radius 1 is 0.373 bits per heavy atom. The summed E-state index contributed by atoms with van der Waals surface area (Å²) in [6.45, 7) is 31.2. The van der Waals surface area contributed by atoms with Gasteiger partial charge >= 0.3 is 42.0 Å². The molecule has 27 heteroatoms. The summed E-state index contributed by atoms with van der Waals surface area (Å²) in [6, 6.07) is 39.6. The lowest BCUT2D eigenvalue weighted by Gasteiger charge is -2.41. The molecule has 3 N–H and O–H groups in total. The molecule has 3 amide bonds. The number of ether oxygens (including phenoxy) is 5. The Labute approximate surface area is 751 Å². The number of benzene rings is 6. The molecule has 16 rings (SSSR count). The molecule has 0 unspecified atom stereocenters. The van der Waals surface area contributed by atoms with Gasteiger partial charge < -0.3 is 53.9 Å². The average molecular weight is 1790 g/mol. The van der Waals surface area contributed by atoms with Crippen LogP contribution in [0, 0.1) is 35.1 Å². The van der Waals surface area contributed by atoms with Crippen LogP contribution in [0.1, 0.15) is 251 Å². The normalized spacial score (nSPS) is 23.4. The predicted octanol–water partition coefficient (Wildman–Crippen LogP) is 17.8. The molecule has 6 aliphatic heterocycles. The highest BCUT2D eigenvalue weighted by Gasteiger charge is 2.55. The SMILES string of the molecule is CC(C)(C)N1C[C@@H](C(=O)O)[C@H](c2ccc(F)cc2F)C1.CC(C)(C)OC(=O)N1CCC2(CC1)C[C@@H](C(=O)O)c1ccccc12.COC(=O)[C@@H]1CC2(CCN(C(=O)OC(C)(C)C)CC2)c2ccccc21.COC(=O)[C@@H]1CC2(CCN(C(=O)[C@@H]3CN(C(C)(C)C)C[C@H]3c3ccc(F)cc3F)CC2)c2ccccc21.COC(=O)[C@@H]1CC2(CCNCC2)c2ccccc21.Cl.Cl. The minimum atomic E-state index is -0.939. The number of carbonyl (C=O) groups is 8. The van der Waals surface area contributed by atoms with Crippen molar-refractivity contribution < 1.29 is 89.8 Å². The summed E-state index contributed by atoms with van der Waals surface area (Å²) in [5.41, 5.74) is 8.44. The highest BCUT2D eigenvalue weighted by atomic mass is 35.5. The molecule has 6 saturated heterocycles. The van der Waals surface area contributed by atoms with E-state index in [2.05, 4.69) is 67.4 Å². The Morgan fingerprint density at radius 3 is 0.968 bits per heavy atom. The third-order valence-electron chi connectivity index (χ3n) is 28.0. The quantitative estimate of drug-likeness (QED) is 0.0727. The molecule has 4 aliphatic carbocycles. The van der Waals surface area contributed by atoms with Crippen LogP contribution >= 0.6 is 24.8 Å². The fraction of sp³-hybridized carbons (Fsp3) is 0.556. The van der Waals surface area contributed by atoms with Crippen LogP contribution in [0.15, 0.2) is 133 Å². The molecular weight excluding hydrogens is 1660 g/mol. The monoisotopic (exact) mass is 1790 g/mol. The van der Waals surface area contributed by atoms with Crippen LogP contribution in [0.2, 0.25) is 0 Å². The number of amides is 3. The van der Waals surface area contributed by atoms with Crippen molar-refractivity contribution in [1.82, 2.24) is 29.8 Å². The second-order valence-electron chi connectivity index (χ2n) is 39.7. The number of nitrogens with zero attached hydrogens (tertiary/aromatic N) is 5. The molecule has 6 aromatic carbocycles. The molecule has 6 fully saturated rings. The Bertz CT molecular complexity index is 4900. The van der Waals surface area contributed by atoms with Crippen LogP contribution < -0.4 is 5.32 Å². The molecule has 686 valence electrons. The number of carboxylic acid groups (broad SMARTS) is 2.